The highest BCUT2D eigenvalue weighted by Crippen LogP contribution is 2.38. The van der Waals surface area contributed by atoms with Crippen molar-refractivity contribution < 1.29 is 9.47 Å². The van der Waals surface area contributed by atoms with Gasteiger partial charge in [0.05, 0.1) is 25.6 Å². The van der Waals surface area contributed by atoms with Crippen molar-refractivity contribution in [2.75, 3.05) is 14.2 Å². The van der Waals surface area contributed by atoms with Crippen molar-refractivity contribution in [1.82, 2.24) is 10.2 Å². The molecule has 0 radical (unpaired) electrons. The Kier molecular flexibility index (Phi) is 3.30. The van der Waals surface area contributed by atoms with Crippen LogP contribution in [-0.2, 0) is 12.8 Å². The van der Waals surface area contributed by atoms with Crippen LogP contribution in [0.2, 0.25) is 0 Å². The maximum Gasteiger partial charge on any atom is 0.119 e. The summed E-state index contributed by atoms with van der Waals surface area (Å²) in [6.45, 7) is 0. The van der Waals surface area contributed by atoms with Crippen molar-refractivity contribution in [1.29, 1.82) is 0 Å². The molecule has 0 spiro atoms. The van der Waals surface area contributed by atoms with Gasteiger partial charge in [0.15, 0.2) is 0 Å². The minimum Gasteiger partial charge on any atom is -0.497 e. The molecule has 0 saturated carbocycles. The van der Waals surface area contributed by atoms with Crippen LogP contribution in [0.25, 0.3) is 22.5 Å². The molecule has 1 aliphatic carbocycles. The summed E-state index contributed by atoms with van der Waals surface area (Å²) in [5.41, 5.74) is 7.08. The lowest BCUT2D eigenvalue weighted by atomic mass is 9.88. The monoisotopic (exact) mass is 306 g/mol. The van der Waals surface area contributed by atoms with E-state index in [1.54, 1.807) is 14.2 Å². The van der Waals surface area contributed by atoms with Crippen LogP contribution in [0, 0.1) is 0 Å². The van der Waals surface area contributed by atoms with Gasteiger partial charge in [0.25, 0.3) is 0 Å². The van der Waals surface area contributed by atoms with Gasteiger partial charge in [0.1, 0.15) is 11.5 Å². The largest absolute Gasteiger partial charge is 0.497 e. The third-order valence-corrected chi connectivity index (χ3v) is 4.46. The van der Waals surface area contributed by atoms with E-state index < -0.39 is 0 Å². The number of H-pyrrole nitrogens is 1. The van der Waals surface area contributed by atoms with Crippen LogP contribution < -0.4 is 9.47 Å². The second-order valence-corrected chi connectivity index (χ2v) is 5.68. The molecule has 4 rings (SSSR count). The fourth-order valence-electron chi connectivity index (χ4n) is 3.23. The molecular formula is C19H18N2O2. The Hall–Kier alpha value is -2.75. The quantitative estimate of drug-likeness (QED) is 0.799. The lowest BCUT2D eigenvalue weighted by Crippen LogP contribution is -2.03. The molecule has 116 valence electrons. The lowest BCUT2D eigenvalue weighted by Gasteiger charge is -2.17. The first-order valence-electron chi connectivity index (χ1n) is 7.69. The average Bonchev–Trinajstić information content (AvgIpc) is 3.05. The molecule has 1 aliphatic rings. The zero-order valence-corrected chi connectivity index (χ0v) is 13.2. The maximum atomic E-state index is 5.33. The number of hydrogen-bond acceptors (Lipinski definition) is 3. The fraction of sp³-hybridized carbons (Fsp3) is 0.211. The Bertz CT molecular complexity index is 837. The fourth-order valence-corrected chi connectivity index (χ4v) is 3.23. The first-order valence-corrected chi connectivity index (χ1v) is 7.69. The van der Waals surface area contributed by atoms with E-state index in [0.717, 1.165) is 41.3 Å². The summed E-state index contributed by atoms with van der Waals surface area (Å²) in [5, 5.41) is 7.79. The van der Waals surface area contributed by atoms with Crippen molar-refractivity contribution in [2.45, 2.75) is 12.8 Å². The van der Waals surface area contributed by atoms with E-state index in [1.807, 2.05) is 18.2 Å². The van der Waals surface area contributed by atoms with Crippen LogP contribution in [0.4, 0.5) is 0 Å². The molecule has 0 saturated heterocycles. The molecule has 3 aromatic rings. The smallest absolute Gasteiger partial charge is 0.119 e. The number of aryl methyl sites for hydroxylation is 1. The highest BCUT2D eigenvalue weighted by molar-refractivity contribution is 5.78. The van der Waals surface area contributed by atoms with Gasteiger partial charge in [0, 0.05) is 16.7 Å². The third kappa shape index (κ3) is 2.27. The number of rotatable bonds is 3. The molecule has 1 heterocycles. The number of nitrogens with one attached hydrogen (secondary N) is 1. The minimum absolute atomic E-state index is 0.857. The van der Waals surface area contributed by atoms with Crippen LogP contribution in [-0.4, -0.2) is 24.4 Å². The molecule has 0 aliphatic heterocycles. The predicted molar refractivity (Wildman–Crippen MR) is 90.0 cm³/mol. The highest BCUT2D eigenvalue weighted by Gasteiger charge is 2.22. The Morgan fingerprint density at radius 1 is 0.913 bits per heavy atom. The van der Waals surface area contributed by atoms with Crippen molar-refractivity contribution >= 4 is 0 Å². The molecule has 2 aromatic carbocycles. The Balaban J connectivity index is 1.78. The molecule has 1 aromatic heterocycles. The van der Waals surface area contributed by atoms with E-state index in [9.17, 15) is 0 Å². The molecule has 0 bridgehead atoms. The zero-order valence-electron chi connectivity index (χ0n) is 13.2. The second kappa shape index (κ2) is 5.47. The van der Waals surface area contributed by atoms with E-state index in [1.165, 1.54) is 16.7 Å². The molecular weight excluding hydrogens is 288 g/mol. The number of nitrogens with zero attached hydrogens (tertiary/aromatic N) is 1. The number of aromatic nitrogens is 2. The van der Waals surface area contributed by atoms with Crippen molar-refractivity contribution in [3.63, 3.8) is 0 Å². The number of ether oxygens (including phenoxy) is 2. The van der Waals surface area contributed by atoms with Crippen molar-refractivity contribution in [2.24, 2.45) is 0 Å². The first-order chi connectivity index (χ1) is 11.3. The van der Waals surface area contributed by atoms with Gasteiger partial charge in [-0.05, 0) is 60.9 Å². The van der Waals surface area contributed by atoms with Crippen LogP contribution in [0.3, 0.4) is 0 Å². The van der Waals surface area contributed by atoms with E-state index in [2.05, 4.69) is 34.5 Å². The SMILES string of the molecule is COc1ccc(-c2n[nH]c3c2CCc2cc(OC)ccc2-3)cc1. The molecule has 0 unspecified atom stereocenters. The van der Waals surface area contributed by atoms with Gasteiger partial charge < -0.3 is 9.47 Å². The first kappa shape index (κ1) is 13.9. The van der Waals surface area contributed by atoms with Gasteiger partial charge in [0.2, 0.25) is 0 Å². The van der Waals surface area contributed by atoms with E-state index >= 15 is 0 Å². The number of fused-ring (bicyclic) bond motifs is 3. The lowest BCUT2D eigenvalue weighted by molar-refractivity contribution is 0.414. The van der Waals surface area contributed by atoms with Gasteiger partial charge in [-0.15, -0.1) is 0 Å². The van der Waals surface area contributed by atoms with E-state index in [4.69, 9.17) is 9.47 Å². The summed E-state index contributed by atoms with van der Waals surface area (Å²) in [6.07, 6.45) is 1.98. The van der Waals surface area contributed by atoms with Crippen molar-refractivity contribution in [3.8, 4) is 34.0 Å². The van der Waals surface area contributed by atoms with Crippen LogP contribution >= 0.6 is 0 Å². The molecule has 0 atom stereocenters. The molecule has 0 amide bonds. The average molecular weight is 306 g/mol. The number of methoxy groups -OCH3 is 2. The minimum atomic E-state index is 0.857. The van der Waals surface area contributed by atoms with Crippen LogP contribution in [0.15, 0.2) is 42.5 Å². The summed E-state index contributed by atoms with van der Waals surface area (Å²) in [4.78, 5) is 0. The zero-order chi connectivity index (χ0) is 15.8. The van der Waals surface area contributed by atoms with Crippen molar-refractivity contribution in [3.05, 3.63) is 53.6 Å². The molecule has 4 heteroatoms. The summed E-state index contributed by atoms with van der Waals surface area (Å²) >= 11 is 0. The van der Waals surface area contributed by atoms with E-state index in [0.29, 0.717) is 0 Å². The van der Waals surface area contributed by atoms with Gasteiger partial charge in [-0.2, -0.15) is 5.10 Å². The van der Waals surface area contributed by atoms with E-state index in [-0.39, 0.29) is 0 Å². The summed E-state index contributed by atoms with van der Waals surface area (Å²) in [6, 6.07) is 14.3. The molecule has 4 nitrogen and oxygen atoms in total. The van der Waals surface area contributed by atoms with Gasteiger partial charge in [-0.3, -0.25) is 5.10 Å². The molecule has 23 heavy (non-hydrogen) atoms. The van der Waals surface area contributed by atoms with Crippen LogP contribution in [0.5, 0.6) is 11.5 Å². The molecule has 0 fully saturated rings. The van der Waals surface area contributed by atoms with Gasteiger partial charge >= 0.3 is 0 Å². The summed E-state index contributed by atoms with van der Waals surface area (Å²) < 4.78 is 10.6. The number of aromatic amines is 1. The topological polar surface area (TPSA) is 47.1 Å². The maximum absolute atomic E-state index is 5.33. The Labute approximate surface area is 135 Å². The number of benzene rings is 2. The Morgan fingerprint density at radius 2 is 1.65 bits per heavy atom. The predicted octanol–water partition coefficient (Wildman–Crippen LogP) is 3.86. The second-order valence-electron chi connectivity index (χ2n) is 5.68. The Morgan fingerprint density at radius 3 is 2.39 bits per heavy atom. The summed E-state index contributed by atoms with van der Waals surface area (Å²) in [7, 11) is 3.38. The number of hydrogen-bond donors (Lipinski definition) is 1. The summed E-state index contributed by atoms with van der Waals surface area (Å²) in [5.74, 6) is 1.76. The van der Waals surface area contributed by atoms with Gasteiger partial charge in [-0.1, -0.05) is 0 Å². The molecule has 1 N–H and O–H groups in total. The van der Waals surface area contributed by atoms with Gasteiger partial charge in [-0.25, -0.2) is 0 Å². The van der Waals surface area contributed by atoms with Crippen LogP contribution in [0.1, 0.15) is 11.1 Å². The highest BCUT2D eigenvalue weighted by atomic mass is 16.5. The normalized spacial score (nSPS) is 12.4. The standard InChI is InChI=1S/C19H18N2O2/c1-22-14-6-3-12(4-7-14)18-17-9-5-13-11-15(23-2)8-10-16(13)19(17)21-20-18/h3-4,6-8,10-11H,5,9H2,1-2H3,(H,20,21). The third-order valence-electron chi connectivity index (χ3n) is 4.46.